The van der Waals surface area contributed by atoms with E-state index >= 15 is 0 Å². The van der Waals surface area contributed by atoms with Gasteiger partial charge >= 0.3 is 5.97 Å². The number of rotatable bonds is 4. The second-order valence-electron chi connectivity index (χ2n) is 3.93. The normalized spacial score (nSPS) is 10.5. The molecular formula is C12H12ClN3O3. The maximum absolute atomic E-state index is 11.1. The van der Waals surface area contributed by atoms with E-state index in [0.717, 1.165) is 5.82 Å². The summed E-state index contributed by atoms with van der Waals surface area (Å²) in [7, 11) is 1.80. The first-order valence-corrected chi connectivity index (χ1v) is 5.88. The van der Waals surface area contributed by atoms with Gasteiger partial charge < -0.3 is 14.4 Å². The van der Waals surface area contributed by atoms with Gasteiger partial charge in [-0.1, -0.05) is 17.7 Å². The minimum absolute atomic E-state index is 0.0198. The van der Waals surface area contributed by atoms with Crippen molar-refractivity contribution in [3.63, 3.8) is 0 Å². The Kier molecular flexibility index (Phi) is 3.71. The zero-order chi connectivity index (χ0) is 14.0. The van der Waals surface area contributed by atoms with Crippen molar-refractivity contribution >= 4 is 17.6 Å². The Labute approximate surface area is 114 Å². The van der Waals surface area contributed by atoms with Crippen molar-refractivity contribution in [2.24, 2.45) is 7.05 Å². The number of hydrogen-bond acceptors (Lipinski definition) is 4. The zero-order valence-electron chi connectivity index (χ0n) is 10.4. The first kappa shape index (κ1) is 13.4. The van der Waals surface area contributed by atoms with Gasteiger partial charge in [0.1, 0.15) is 18.0 Å². The van der Waals surface area contributed by atoms with Gasteiger partial charge in [0.05, 0.1) is 5.02 Å². The molecule has 0 saturated heterocycles. The number of benzene rings is 1. The van der Waals surface area contributed by atoms with Crippen molar-refractivity contribution < 1.29 is 14.6 Å². The highest BCUT2D eigenvalue weighted by molar-refractivity contribution is 6.32. The van der Waals surface area contributed by atoms with Crippen LogP contribution in [-0.2, 0) is 13.7 Å². The van der Waals surface area contributed by atoms with Gasteiger partial charge in [-0.3, -0.25) is 0 Å². The number of nitrogens with zero attached hydrogens (tertiary/aromatic N) is 3. The van der Waals surface area contributed by atoms with Gasteiger partial charge in [0, 0.05) is 7.05 Å². The molecule has 19 heavy (non-hydrogen) atoms. The molecule has 0 aliphatic heterocycles. The van der Waals surface area contributed by atoms with E-state index in [1.165, 1.54) is 6.07 Å². The number of halogens is 1. The summed E-state index contributed by atoms with van der Waals surface area (Å²) in [5.41, 5.74) is 0.0198. The Balaban J connectivity index is 2.24. The van der Waals surface area contributed by atoms with E-state index < -0.39 is 5.97 Å². The fraction of sp³-hybridized carbons (Fsp3) is 0.250. The van der Waals surface area contributed by atoms with Crippen molar-refractivity contribution in [2.75, 3.05) is 0 Å². The molecule has 0 aliphatic rings. The van der Waals surface area contributed by atoms with Crippen LogP contribution >= 0.6 is 11.6 Å². The number of aromatic carboxylic acids is 1. The van der Waals surface area contributed by atoms with Crippen LogP contribution in [0.2, 0.25) is 5.02 Å². The summed E-state index contributed by atoms with van der Waals surface area (Å²) in [5, 5.41) is 17.1. The van der Waals surface area contributed by atoms with Crippen LogP contribution in [0.4, 0.5) is 0 Å². The molecule has 2 rings (SSSR count). The highest BCUT2D eigenvalue weighted by atomic mass is 35.5. The van der Waals surface area contributed by atoms with E-state index in [9.17, 15) is 4.79 Å². The van der Waals surface area contributed by atoms with Gasteiger partial charge in [0.15, 0.2) is 11.6 Å². The molecule has 1 N–H and O–H groups in total. The van der Waals surface area contributed by atoms with Crippen molar-refractivity contribution in [2.45, 2.75) is 13.5 Å². The molecule has 7 heteroatoms. The lowest BCUT2D eigenvalue weighted by Gasteiger charge is -2.10. The standard InChI is InChI=1S/C12H12ClN3O3/c1-7-14-15-10(16(7)2)6-19-11-8(12(17)18)4-3-5-9(11)13/h3-5H,6H2,1-2H3,(H,17,18). The fourth-order valence-corrected chi connectivity index (χ4v) is 1.77. The van der Waals surface area contributed by atoms with E-state index in [1.54, 1.807) is 23.7 Å². The van der Waals surface area contributed by atoms with Gasteiger partial charge in [0.2, 0.25) is 0 Å². The molecule has 0 fully saturated rings. The average Bonchev–Trinajstić information content (AvgIpc) is 2.68. The number of hydrogen-bond donors (Lipinski definition) is 1. The maximum Gasteiger partial charge on any atom is 0.339 e. The third-order valence-electron chi connectivity index (χ3n) is 2.73. The largest absolute Gasteiger partial charge is 0.483 e. The van der Waals surface area contributed by atoms with E-state index in [0.29, 0.717) is 5.82 Å². The van der Waals surface area contributed by atoms with Crippen molar-refractivity contribution in [3.8, 4) is 5.75 Å². The van der Waals surface area contributed by atoms with E-state index in [1.807, 2.05) is 6.92 Å². The van der Waals surface area contributed by atoms with Crippen LogP contribution < -0.4 is 4.74 Å². The Hall–Kier alpha value is -2.08. The second-order valence-corrected chi connectivity index (χ2v) is 4.34. The molecule has 0 spiro atoms. The van der Waals surface area contributed by atoms with Crippen LogP contribution in [-0.4, -0.2) is 25.8 Å². The number of para-hydroxylation sites is 1. The molecule has 1 aromatic carbocycles. The predicted octanol–water partition coefficient (Wildman–Crippen LogP) is 2.05. The third-order valence-corrected chi connectivity index (χ3v) is 3.02. The van der Waals surface area contributed by atoms with Crippen LogP contribution in [0.3, 0.4) is 0 Å². The van der Waals surface area contributed by atoms with Crippen LogP contribution in [0.5, 0.6) is 5.75 Å². The number of aryl methyl sites for hydroxylation is 1. The highest BCUT2D eigenvalue weighted by Crippen LogP contribution is 2.29. The van der Waals surface area contributed by atoms with Crippen molar-refractivity contribution in [3.05, 3.63) is 40.4 Å². The number of carbonyl (C=O) groups is 1. The molecule has 0 atom stereocenters. The van der Waals surface area contributed by atoms with Crippen molar-refractivity contribution in [1.82, 2.24) is 14.8 Å². The monoisotopic (exact) mass is 281 g/mol. The molecular weight excluding hydrogens is 270 g/mol. The summed E-state index contributed by atoms with van der Waals surface area (Å²) in [4.78, 5) is 11.1. The summed E-state index contributed by atoms with van der Waals surface area (Å²) in [6.45, 7) is 1.91. The minimum Gasteiger partial charge on any atom is -0.483 e. The van der Waals surface area contributed by atoms with Crippen LogP contribution in [0.25, 0.3) is 0 Å². The first-order chi connectivity index (χ1) is 9.00. The molecule has 6 nitrogen and oxygen atoms in total. The van der Waals surface area contributed by atoms with E-state index in [4.69, 9.17) is 21.4 Å². The fourth-order valence-electron chi connectivity index (χ4n) is 1.54. The lowest BCUT2D eigenvalue weighted by atomic mass is 10.2. The Morgan fingerprint density at radius 1 is 1.47 bits per heavy atom. The molecule has 1 heterocycles. The van der Waals surface area contributed by atoms with Gasteiger partial charge in [-0.25, -0.2) is 4.79 Å². The second kappa shape index (κ2) is 5.27. The van der Waals surface area contributed by atoms with Gasteiger partial charge in [-0.05, 0) is 19.1 Å². The quantitative estimate of drug-likeness (QED) is 0.928. The SMILES string of the molecule is Cc1nnc(COc2c(Cl)cccc2C(=O)O)n1C. The molecule has 0 radical (unpaired) electrons. The molecule has 1 aromatic heterocycles. The summed E-state index contributed by atoms with van der Waals surface area (Å²) >= 11 is 5.95. The Morgan fingerprint density at radius 2 is 2.21 bits per heavy atom. The maximum atomic E-state index is 11.1. The van der Waals surface area contributed by atoms with Crippen LogP contribution in [0.15, 0.2) is 18.2 Å². The third kappa shape index (κ3) is 2.68. The first-order valence-electron chi connectivity index (χ1n) is 5.50. The van der Waals surface area contributed by atoms with Crippen LogP contribution in [0, 0.1) is 6.92 Å². The topological polar surface area (TPSA) is 77.2 Å². The summed E-state index contributed by atoms with van der Waals surface area (Å²) in [5.74, 6) is 0.383. The Morgan fingerprint density at radius 3 is 2.79 bits per heavy atom. The van der Waals surface area contributed by atoms with Gasteiger partial charge in [0.25, 0.3) is 0 Å². The highest BCUT2D eigenvalue weighted by Gasteiger charge is 2.15. The number of carboxylic acid groups (broad SMARTS) is 1. The smallest absolute Gasteiger partial charge is 0.339 e. The summed E-state index contributed by atoms with van der Waals surface area (Å²) in [6.07, 6.45) is 0. The molecule has 0 bridgehead atoms. The molecule has 0 aliphatic carbocycles. The van der Waals surface area contributed by atoms with Crippen molar-refractivity contribution in [1.29, 1.82) is 0 Å². The van der Waals surface area contributed by atoms with Gasteiger partial charge in [-0.15, -0.1) is 10.2 Å². The molecule has 2 aromatic rings. The minimum atomic E-state index is -1.09. The van der Waals surface area contributed by atoms with E-state index in [2.05, 4.69) is 10.2 Å². The lowest BCUT2D eigenvalue weighted by molar-refractivity contribution is 0.0691. The number of carboxylic acids is 1. The van der Waals surface area contributed by atoms with Gasteiger partial charge in [-0.2, -0.15) is 0 Å². The van der Waals surface area contributed by atoms with Crippen LogP contribution in [0.1, 0.15) is 22.0 Å². The summed E-state index contributed by atoms with van der Waals surface area (Å²) in [6, 6.07) is 4.57. The molecule has 0 saturated carbocycles. The Bertz CT molecular complexity index is 625. The molecule has 100 valence electrons. The number of ether oxygens (including phenoxy) is 1. The lowest BCUT2D eigenvalue weighted by Crippen LogP contribution is -2.07. The number of aromatic nitrogens is 3. The molecule has 0 unspecified atom stereocenters. The summed E-state index contributed by atoms with van der Waals surface area (Å²) < 4.78 is 7.23. The van der Waals surface area contributed by atoms with E-state index in [-0.39, 0.29) is 22.9 Å². The zero-order valence-corrected chi connectivity index (χ0v) is 11.2. The average molecular weight is 282 g/mol. The molecule has 0 amide bonds. The predicted molar refractivity (Wildman–Crippen MR) is 68.5 cm³/mol.